The van der Waals surface area contributed by atoms with Gasteiger partial charge in [0.05, 0.1) is 11.4 Å². The minimum Gasteiger partial charge on any atom is -0.368 e. The van der Waals surface area contributed by atoms with Crippen molar-refractivity contribution in [1.29, 1.82) is 0 Å². The van der Waals surface area contributed by atoms with Crippen molar-refractivity contribution in [2.75, 3.05) is 6.54 Å². The Hall–Kier alpha value is -2.47. The van der Waals surface area contributed by atoms with E-state index in [9.17, 15) is 14.4 Å². The molecule has 0 bridgehead atoms. The number of thiophene rings is 1. The van der Waals surface area contributed by atoms with Crippen LogP contribution in [0.2, 0.25) is 0 Å². The molecule has 1 aromatic heterocycles. The molecule has 0 aliphatic heterocycles. The highest BCUT2D eigenvalue weighted by molar-refractivity contribution is 7.12. The molecule has 1 unspecified atom stereocenters. The SMILES string of the molecule is CC(C)C(C(N)=O)N(CC(=O)c1ccccc1)C(=O)c1cccs1. The molecule has 6 heteroatoms. The fraction of sp³-hybridized carbons (Fsp3) is 0.278. The van der Waals surface area contributed by atoms with Gasteiger partial charge in [0.1, 0.15) is 6.04 Å². The Labute approximate surface area is 145 Å². The molecule has 24 heavy (non-hydrogen) atoms. The minimum absolute atomic E-state index is 0.188. The monoisotopic (exact) mass is 344 g/mol. The number of nitrogens with two attached hydrogens (primary N) is 1. The fourth-order valence-electron chi connectivity index (χ4n) is 2.55. The number of carbonyl (C=O) groups is 3. The Kier molecular flexibility index (Phi) is 5.87. The van der Waals surface area contributed by atoms with Crippen molar-refractivity contribution in [3.8, 4) is 0 Å². The van der Waals surface area contributed by atoms with E-state index in [0.29, 0.717) is 10.4 Å². The summed E-state index contributed by atoms with van der Waals surface area (Å²) in [5.41, 5.74) is 6.00. The lowest BCUT2D eigenvalue weighted by molar-refractivity contribution is -0.123. The maximum Gasteiger partial charge on any atom is 0.265 e. The molecule has 1 aromatic carbocycles. The number of ketones is 1. The molecule has 0 spiro atoms. The topological polar surface area (TPSA) is 80.5 Å². The van der Waals surface area contributed by atoms with Crippen LogP contribution >= 0.6 is 11.3 Å². The normalized spacial score (nSPS) is 12.0. The summed E-state index contributed by atoms with van der Waals surface area (Å²) in [5.74, 6) is -1.40. The standard InChI is InChI=1S/C18H20N2O3S/c1-12(2)16(17(19)22)20(18(23)15-9-6-10-24-15)11-14(21)13-7-4-3-5-8-13/h3-10,12,16H,11H2,1-2H3,(H2,19,22). The second kappa shape index (κ2) is 7.88. The molecule has 2 aromatic rings. The van der Waals surface area contributed by atoms with Gasteiger partial charge in [-0.3, -0.25) is 14.4 Å². The molecular formula is C18H20N2O3S. The lowest BCUT2D eigenvalue weighted by atomic mass is 10.00. The second-order valence-electron chi connectivity index (χ2n) is 5.79. The summed E-state index contributed by atoms with van der Waals surface area (Å²) >= 11 is 1.27. The van der Waals surface area contributed by atoms with Crippen molar-refractivity contribution in [3.05, 3.63) is 58.3 Å². The number of amides is 2. The Morgan fingerprint density at radius 2 is 1.75 bits per heavy atom. The zero-order valence-electron chi connectivity index (χ0n) is 13.6. The molecule has 2 amide bonds. The average Bonchev–Trinajstić information content (AvgIpc) is 3.08. The first-order chi connectivity index (χ1) is 11.4. The van der Waals surface area contributed by atoms with E-state index in [0.717, 1.165) is 0 Å². The molecular weight excluding hydrogens is 324 g/mol. The minimum atomic E-state index is -0.840. The summed E-state index contributed by atoms with van der Waals surface area (Å²) < 4.78 is 0. The van der Waals surface area contributed by atoms with Crippen molar-refractivity contribution in [1.82, 2.24) is 4.90 Å². The zero-order valence-corrected chi connectivity index (χ0v) is 14.5. The van der Waals surface area contributed by atoms with Gasteiger partial charge in [-0.2, -0.15) is 0 Å². The second-order valence-corrected chi connectivity index (χ2v) is 6.74. The van der Waals surface area contributed by atoms with Gasteiger partial charge in [-0.25, -0.2) is 0 Å². The molecule has 5 nitrogen and oxygen atoms in total. The van der Waals surface area contributed by atoms with Crippen LogP contribution in [-0.2, 0) is 4.79 Å². The Bertz CT molecular complexity index is 711. The molecule has 1 atom stereocenters. The summed E-state index contributed by atoms with van der Waals surface area (Å²) in [7, 11) is 0. The fourth-order valence-corrected chi connectivity index (χ4v) is 3.23. The molecule has 2 rings (SSSR count). The molecule has 1 heterocycles. The molecule has 126 valence electrons. The number of nitrogens with zero attached hydrogens (tertiary/aromatic N) is 1. The number of carbonyl (C=O) groups excluding carboxylic acids is 3. The van der Waals surface area contributed by atoms with Crippen molar-refractivity contribution in [2.45, 2.75) is 19.9 Å². The summed E-state index contributed by atoms with van der Waals surface area (Å²) in [4.78, 5) is 39.0. The highest BCUT2D eigenvalue weighted by atomic mass is 32.1. The smallest absolute Gasteiger partial charge is 0.265 e. The van der Waals surface area contributed by atoms with Crippen molar-refractivity contribution >= 4 is 28.9 Å². The molecule has 0 radical (unpaired) electrons. The summed E-state index contributed by atoms with van der Waals surface area (Å²) in [6.07, 6.45) is 0. The van der Waals surface area contributed by atoms with E-state index in [1.54, 1.807) is 55.6 Å². The molecule has 0 fully saturated rings. The lowest BCUT2D eigenvalue weighted by Crippen LogP contribution is -2.52. The third-order valence-corrected chi connectivity index (χ3v) is 4.52. The summed E-state index contributed by atoms with van der Waals surface area (Å²) in [6.45, 7) is 3.42. The van der Waals surface area contributed by atoms with Gasteiger partial charge < -0.3 is 10.6 Å². The summed E-state index contributed by atoms with van der Waals surface area (Å²) in [6, 6.07) is 11.3. The predicted octanol–water partition coefficient (Wildman–Crippen LogP) is 2.58. The van der Waals surface area contributed by atoms with E-state index in [2.05, 4.69) is 0 Å². The van der Waals surface area contributed by atoms with Gasteiger partial charge in [0.25, 0.3) is 5.91 Å². The number of hydrogen-bond donors (Lipinski definition) is 1. The van der Waals surface area contributed by atoms with Gasteiger partial charge >= 0.3 is 0 Å². The van der Waals surface area contributed by atoms with Crippen molar-refractivity contribution in [3.63, 3.8) is 0 Å². The first-order valence-corrected chi connectivity index (χ1v) is 8.51. The molecule has 0 saturated heterocycles. The third kappa shape index (κ3) is 4.08. The Balaban J connectivity index is 2.33. The zero-order chi connectivity index (χ0) is 17.7. The van der Waals surface area contributed by atoms with Crippen LogP contribution in [0.4, 0.5) is 0 Å². The van der Waals surface area contributed by atoms with Crippen LogP contribution < -0.4 is 5.73 Å². The van der Waals surface area contributed by atoms with Crippen molar-refractivity contribution in [2.24, 2.45) is 11.7 Å². The number of hydrogen-bond acceptors (Lipinski definition) is 4. The number of Topliss-reactive ketones (excluding diaryl/α,β-unsaturated/α-hetero) is 1. The van der Waals surface area contributed by atoms with E-state index in [4.69, 9.17) is 5.73 Å². The first-order valence-electron chi connectivity index (χ1n) is 7.64. The van der Waals surface area contributed by atoms with E-state index in [-0.39, 0.29) is 24.2 Å². The van der Waals surface area contributed by atoms with Crippen LogP contribution in [0.3, 0.4) is 0 Å². The first kappa shape index (κ1) is 17.9. The van der Waals surface area contributed by atoms with Gasteiger partial charge in [-0.15, -0.1) is 11.3 Å². The Morgan fingerprint density at radius 1 is 1.08 bits per heavy atom. The maximum atomic E-state index is 12.8. The van der Waals surface area contributed by atoms with Gasteiger partial charge in [-0.05, 0) is 17.4 Å². The predicted molar refractivity (Wildman–Crippen MR) is 93.9 cm³/mol. The average molecular weight is 344 g/mol. The molecule has 0 aliphatic rings. The number of rotatable bonds is 7. The highest BCUT2D eigenvalue weighted by Gasteiger charge is 2.33. The summed E-state index contributed by atoms with van der Waals surface area (Å²) in [5, 5.41) is 1.78. The van der Waals surface area contributed by atoms with Gasteiger partial charge in [0, 0.05) is 5.56 Å². The van der Waals surface area contributed by atoms with E-state index in [1.807, 2.05) is 6.07 Å². The maximum absolute atomic E-state index is 12.8. The van der Waals surface area contributed by atoms with Gasteiger partial charge in [-0.1, -0.05) is 50.2 Å². The Morgan fingerprint density at radius 3 is 2.25 bits per heavy atom. The van der Waals surface area contributed by atoms with Crippen LogP contribution in [0, 0.1) is 5.92 Å². The lowest BCUT2D eigenvalue weighted by Gasteiger charge is -2.31. The van der Waals surface area contributed by atoms with Crippen LogP contribution in [0.15, 0.2) is 47.8 Å². The van der Waals surface area contributed by atoms with E-state index < -0.39 is 11.9 Å². The van der Waals surface area contributed by atoms with Crippen LogP contribution in [0.1, 0.15) is 33.9 Å². The number of primary amides is 1. The largest absolute Gasteiger partial charge is 0.368 e. The highest BCUT2D eigenvalue weighted by Crippen LogP contribution is 2.19. The molecule has 0 saturated carbocycles. The third-order valence-electron chi connectivity index (χ3n) is 3.66. The number of benzene rings is 1. The molecule has 0 aliphatic carbocycles. The quantitative estimate of drug-likeness (QED) is 0.784. The van der Waals surface area contributed by atoms with Crippen molar-refractivity contribution < 1.29 is 14.4 Å². The van der Waals surface area contributed by atoms with Crippen LogP contribution in [0.25, 0.3) is 0 Å². The molecule has 2 N–H and O–H groups in total. The van der Waals surface area contributed by atoms with Gasteiger partial charge in [0.2, 0.25) is 5.91 Å². The van der Waals surface area contributed by atoms with Crippen LogP contribution in [-0.4, -0.2) is 35.1 Å². The van der Waals surface area contributed by atoms with Gasteiger partial charge in [0.15, 0.2) is 5.78 Å². The van der Waals surface area contributed by atoms with E-state index >= 15 is 0 Å². The van der Waals surface area contributed by atoms with Crippen LogP contribution in [0.5, 0.6) is 0 Å². The van der Waals surface area contributed by atoms with E-state index in [1.165, 1.54) is 16.2 Å².